The van der Waals surface area contributed by atoms with Crippen LogP contribution in [0.2, 0.25) is 0 Å². The Morgan fingerprint density at radius 3 is 2.75 bits per heavy atom. The number of hydrogen-bond donors (Lipinski definition) is 1. The van der Waals surface area contributed by atoms with Crippen molar-refractivity contribution >= 4 is 11.8 Å². The van der Waals surface area contributed by atoms with E-state index in [-0.39, 0.29) is 29.8 Å². The molecule has 3 fully saturated rings. The van der Waals surface area contributed by atoms with E-state index in [1.807, 2.05) is 4.90 Å². The molecule has 0 aromatic rings. The summed E-state index contributed by atoms with van der Waals surface area (Å²) >= 11 is 0. The summed E-state index contributed by atoms with van der Waals surface area (Å²) in [4.78, 5) is 26.2. The van der Waals surface area contributed by atoms with Crippen LogP contribution in [0.1, 0.15) is 38.5 Å². The minimum Gasteiger partial charge on any atom is -0.351 e. The summed E-state index contributed by atoms with van der Waals surface area (Å²) in [6.07, 6.45) is 6.01. The van der Waals surface area contributed by atoms with Crippen molar-refractivity contribution in [2.75, 3.05) is 6.54 Å². The maximum Gasteiger partial charge on any atom is 0.243 e. The van der Waals surface area contributed by atoms with Crippen molar-refractivity contribution in [1.82, 2.24) is 10.2 Å². The van der Waals surface area contributed by atoms with Crippen molar-refractivity contribution in [3.8, 4) is 0 Å². The zero-order valence-electron chi connectivity index (χ0n) is 9.45. The molecule has 3 rings (SSSR count). The molecule has 0 aromatic carbocycles. The maximum absolute atomic E-state index is 12.3. The lowest BCUT2D eigenvalue weighted by Gasteiger charge is -2.30. The third-order valence-electron chi connectivity index (χ3n) is 4.25. The Morgan fingerprint density at radius 2 is 1.88 bits per heavy atom. The van der Waals surface area contributed by atoms with Crippen molar-refractivity contribution in [3.63, 3.8) is 0 Å². The summed E-state index contributed by atoms with van der Waals surface area (Å²) in [5.41, 5.74) is 0. The number of fused-ring (bicyclic) bond motifs is 2. The average Bonchev–Trinajstić information content (AvgIpc) is 2.74. The predicted molar refractivity (Wildman–Crippen MR) is 58.6 cm³/mol. The molecular formula is C12H18N2O2. The van der Waals surface area contributed by atoms with E-state index in [2.05, 4.69) is 5.32 Å². The molecule has 3 unspecified atom stereocenters. The molecular weight excluding hydrogens is 204 g/mol. The number of carbonyl (C=O) groups is 2. The summed E-state index contributed by atoms with van der Waals surface area (Å²) in [6, 6.07) is -0.0579. The molecule has 3 atom stereocenters. The van der Waals surface area contributed by atoms with Crippen LogP contribution in [0.15, 0.2) is 0 Å². The zero-order valence-corrected chi connectivity index (χ0v) is 9.45. The van der Waals surface area contributed by atoms with Crippen molar-refractivity contribution in [2.45, 2.75) is 50.6 Å². The lowest BCUT2D eigenvalue weighted by atomic mass is 9.84. The zero-order chi connectivity index (χ0) is 11.1. The highest BCUT2D eigenvalue weighted by Crippen LogP contribution is 2.32. The molecule has 2 saturated heterocycles. The molecule has 0 spiro atoms. The Morgan fingerprint density at radius 1 is 1.06 bits per heavy atom. The van der Waals surface area contributed by atoms with E-state index in [1.54, 1.807) is 0 Å². The lowest BCUT2D eigenvalue weighted by Crippen LogP contribution is -2.43. The van der Waals surface area contributed by atoms with Crippen LogP contribution in [0.3, 0.4) is 0 Å². The smallest absolute Gasteiger partial charge is 0.243 e. The molecule has 4 nitrogen and oxygen atoms in total. The largest absolute Gasteiger partial charge is 0.351 e. The second-order valence-electron chi connectivity index (χ2n) is 5.20. The van der Waals surface area contributed by atoms with Crippen LogP contribution in [0.25, 0.3) is 0 Å². The molecule has 2 heterocycles. The molecule has 16 heavy (non-hydrogen) atoms. The van der Waals surface area contributed by atoms with E-state index in [9.17, 15) is 9.59 Å². The molecule has 0 radical (unpaired) electrons. The molecule has 0 aromatic heterocycles. The number of hydrogen-bond acceptors (Lipinski definition) is 2. The second-order valence-corrected chi connectivity index (χ2v) is 5.20. The Labute approximate surface area is 95.4 Å². The monoisotopic (exact) mass is 222 g/mol. The van der Waals surface area contributed by atoms with Gasteiger partial charge in [0.2, 0.25) is 11.8 Å². The van der Waals surface area contributed by atoms with Crippen LogP contribution >= 0.6 is 0 Å². The first-order valence-electron chi connectivity index (χ1n) is 6.38. The molecule has 3 aliphatic rings. The van der Waals surface area contributed by atoms with Gasteiger partial charge in [0.1, 0.15) is 6.04 Å². The van der Waals surface area contributed by atoms with Gasteiger partial charge in [0, 0.05) is 12.6 Å². The second kappa shape index (κ2) is 3.75. The number of carbonyl (C=O) groups excluding carboxylic acids is 2. The molecule has 88 valence electrons. The third-order valence-corrected chi connectivity index (χ3v) is 4.25. The fraction of sp³-hybridized carbons (Fsp3) is 0.833. The molecule has 0 bridgehead atoms. The third kappa shape index (κ3) is 1.43. The van der Waals surface area contributed by atoms with Gasteiger partial charge in [-0.15, -0.1) is 0 Å². The van der Waals surface area contributed by atoms with E-state index >= 15 is 0 Å². The first-order valence-corrected chi connectivity index (χ1v) is 6.38. The SMILES string of the molecule is O=C1NC2CCCCC2C(=O)N2CCCC12. The van der Waals surface area contributed by atoms with Crippen LogP contribution in [0.5, 0.6) is 0 Å². The van der Waals surface area contributed by atoms with Gasteiger partial charge in [-0.25, -0.2) is 0 Å². The number of rotatable bonds is 0. The van der Waals surface area contributed by atoms with E-state index in [4.69, 9.17) is 0 Å². The summed E-state index contributed by atoms with van der Waals surface area (Å²) in [7, 11) is 0. The highest BCUT2D eigenvalue weighted by molar-refractivity contribution is 5.92. The van der Waals surface area contributed by atoms with E-state index in [0.717, 1.165) is 45.1 Å². The number of amides is 2. The lowest BCUT2D eigenvalue weighted by molar-refractivity contribution is -0.139. The molecule has 1 aliphatic carbocycles. The molecule has 1 saturated carbocycles. The van der Waals surface area contributed by atoms with Crippen LogP contribution in [0, 0.1) is 5.92 Å². The topological polar surface area (TPSA) is 49.4 Å². The fourth-order valence-electron chi connectivity index (χ4n) is 3.39. The van der Waals surface area contributed by atoms with Crippen LogP contribution in [0.4, 0.5) is 0 Å². The Balaban J connectivity index is 1.90. The Bertz CT molecular complexity index is 329. The minimum absolute atomic E-state index is 0.0563. The summed E-state index contributed by atoms with van der Waals surface area (Å²) in [6.45, 7) is 0.778. The fourth-order valence-corrected chi connectivity index (χ4v) is 3.39. The van der Waals surface area contributed by atoms with Crippen LogP contribution in [-0.4, -0.2) is 35.3 Å². The van der Waals surface area contributed by atoms with Crippen LogP contribution in [-0.2, 0) is 9.59 Å². The summed E-state index contributed by atoms with van der Waals surface area (Å²) in [5, 5.41) is 3.08. The van der Waals surface area contributed by atoms with Gasteiger partial charge >= 0.3 is 0 Å². The van der Waals surface area contributed by atoms with Crippen molar-refractivity contribution in [1.29, 1.82) is 0 Å². The van der Waals surface area contributed by atoms with E-state index in [0.29, 0.717) is 0 Å². The van der Waals surface area contributed by atoms with Gasteiger partial charge in [-0.3, -0.25) is 9.59 Å². The van der Waals surface area contributed by atoms with Crippen molar-refractivity contribution < 1.29 is 9.59 Å². The predicted octanol–water partition coefficient (Wildman–Crippen LogP) is 0.666. The van der Waals surface area contributed by atoms with Gasteiger partial charge in [-0.1, -0.05) is 12.8 Å². The van der Waals surface area contributed by atoms with Gasteiger partial charge in [0.15, 0.2) is 0 Å². The average molecular weight is 222 g/mol. The van der Waals surface area contributed by atoms with Gasteiger partial charge in [0.05, 0.1) is 5.92 Å². The highest BCUT2D eigenvalue weighted by atomic mass is 16.2. The minimum atomic E-state index is -0.168. The maximum atomic E-state index is 12.3. The van der Waals surface area contributed by atoms with E-state index < -0.39 is 0 Å². The van der Waals surface area contributed by atoms with Gasteiger partial charge in [0.25, 0.3) is 0 Å². The Kier molecular flexibility index (Phi) is 2.37. The van der Waals surface area contributed by atoms with Crippen LogP contribution < -0.4 is 5.32 Å². The van der Waals surface area contributed by atoms with Gasteiger partial charge in [-0.05, 0) is 25.7 Å². The standard InChI is InChI=1S/C12H18N2O2/c15-11-10-6-3-7-14(10)12(16)8-4-1-2-5-9(8)13-11/h8-10H,1-7H2,(H,13,15). The molecule has 2 amide bonds. The quantitative estimate of drug-likeness (QED) is 0.655. The number of nitrogens with zero attached hydrogens (tertiary/aromatic N) is 1. The summed E-state index contributed by atoms with van der Waals surface area (Å²) in [5.74, 6) is 0.367. The van der Waals surface area contributed by atoms with Crippen molar-refractivity contribution in [2.24, 2.45) is 5.92 Å². The van der Waals surface area contributed by atoms with Gasteiger partial charge in [-0.2, -0.15) is 0 Å². The first kappa shape index (κ1) is 10.1. The molecule has 1 N–H and O–H groups in total. The van der Waals surface area contributed by atoms with Gasteiger partial charge < -0.3 is 10.2 Å². The van der Waals surface area contributed by atoms with E-state index in [1.165, 1.54) is 0 Å². The van der Waals surface area contributed by atoms with Crippen molar-refractivity contribution in [3.05, 3.63) is 0 Å². The highest BCUT2D eigenvalue weighted by Gasteiger charge is 2.44. The normalized spacial score (nSPS) is 38.8. The summed E-state index contributed by atoms with van der Waals surface area (Å²) < 4.78 is 0. The number of nitrogens with one attached hydrogen (secondary N) is 1. The Hall–Kier alpha value is -1.06. The molecule has 4 heteroatoms. The molecule has 2 aliphatic heterocycles. The first-order chi connectivity index (χ1) is 7.77.